The van der Waals surface area contributed by atoms with Crippen LogP contribution in [0, 0.1) is 6.92 Å². The molecule has 0 aliphatic heterocycles. The van der Waals surface area contributed by atoms with E-state index in [-0.39, 0.29) is 5.91 Å². The maximum Gasteiger partial charge on any atom is 0.242 e. The minimum atomic E-state index is 0.171. The standard InChI is InChI=1S/C14H18Br2N2O/c1-3-18(10-4-5-10)13(19)8-17-14-11(15)6-9(2)7-12(14)16/h6-7,10,17H,3-5,8H2,1-2H3. The van der Waals surface area contributed by atoms with Crippen LogP contribution in [-0.4, -0.2) is 29.9 Å². The Morgan fingerprint density at radius 3 is 2.42 bits per heavy atom. The zero-order chi connectivity index (χ0) is 14.0. The van der Waals surface area contributed by atoms with Gasteiger partial charge in [0.2, 0.25) is 5.91 Å². The summed E-state index contributed by atoms with van der Waals surface area (Å²) in [7, 11) is 0. The summed E-state index contributed by atoms with van der Waals surface area (Å²) in [6, 6.07) is 4.55. The van der Waals surface area contributed by atoms with Gasteiger partial charge in [-0.05, 0) is 76.2 Å². The Bertz CT molecular complexity index is 463. The van der Waals surface area contributed by atoms with Crippen molar-refractivity contribution in [1.82, 2.24) is 4.90 Å². The number of hydrogen-bond donors (Lipinski definition) is 1. The van der Waals surface area contributed by atoms with E-state index in [1.165, 1.54) is 5.56 Å². The van der Waals surface area contributed by atoms with Gasteiger partial charge >= 0.3 is 0 Å². The Morgan fingerprint density at radius 1 is 1.37 bits per heavy atom. The molecule has 0 saturated heterocycles. The predicted octanol–water partition coefficient (Wildman–Crippen LogP) is 3.94. The fourth-order valence-electron chi connectivity index (χ4n) is 2.16. The van der Waals surface area contributed by atoms with E-state index in [1.54, 1.807) is 0 Å². The van der Waals surface area contributed by atoms with Gasteiger partial charge in [-0.3, -0.25) is 4.79 Å². The molecule has 0 radical (unpaired) electrons. The molecule has 1 aliphatic carbocycles. The molecule has 1 N–H and O–H groups in total. The topological polar surface area (TPSA) is 32.3 Å². The number of nitrogens with one attached hydrogen (secondary N) is 1. The molecule has 1 aromatic carbocycles. The van der Waals surface area contributed by atoms with Crippen molar-refractivity contribution in [1.29, 1.82) is 0 Å². The lowest BCUT2D eigenvalue weighted by atomic mass is 10.2. The highest BCUT2D eigenvalue weighted by molar-refractivity contribution is 9.11. The summed E-state index contributed by atoms with van der Waals surface area (Å²) in [5.74, 6) is 0.171. The van der Waals surface area contributed by atoms with Crippen LogP contribution in [0.1, 0.15) is 25.3 Å². The number of likely N-dealkylation sites (N-methyl/N-ethyl adjacent to an activating group) is 1. The third-order valence-corrected chi connectivity index (χ3v) is 4.50. The predicted molar refractivity (Wildman–Crippen MR) is 85.5 cm³/mol. The molecule has 1 fully saturated rings. The highest BCUT2D eigenvalue weighted by Crippen LogP contribution is 2.32. The van der Waals surface area contributed by atoms with Crippen LogP contribution in [-0.2, 0) is 4.79 Å². The molecule has 1 aliphatic rings. The Balaban J connectivity index is 2.00. The number of amides is 1. The number of nitrogens with zero attached hydrogens (tertiary/aromatic N) is 1. The molecule has 1 saturated carbocycles. The van der Waals surface area contributed by atoms with Crippen molar-refractivity contribution in [3.63, 3.8) is 0 Å². The van der Waals surface area contributed by atoms with Crippen molar-refractivity contribution >= 4 is 43.5 Å². The second-order valence-electron chi connectivity index (χ2n) is 4.87. The average molecular weight is 390 g/mol. The molecule has 2 rings (SSSR count). The summed E-state index contributed by atoms with van der Waals surface area (Å²) in [4.78, 5) is 14.1. The lowest BCUT2D eigenvalue weighted by Crippen LogP contribution is -2.37. The van der Waals surface area contributed by atoms with E-state index < -0.39 is 0 Å². The molecule has 3 nitrogen and oxygen atoms in total. The van der Waals surface area contributed by atoms with Gasteiger partial charge in [0, 0.05) is 21.5 Å². The summed E-state index contributed by atoms with van der Waals surface area (Å²) < 4.78 is 1.95. The van der Waals surface area contributed by atoms with E-state index in [0.717, 1.165) is 34.0 Å². The highest BCUT2D eigenvalue weighted by Gasteiger charge is 2.31. The van der Waals surface area contributed by atoms with Gasteiger partial charge in [0.1, 0.15) is 0 Å². The monoisotopic (exact) mass is 388 g/mol. The first-order valence-corrected chi connectivity index (χ1v) is 8.10. The van der Waals surface area contributed by atoms with Gasteiger partial charge in [0.15, 0.2) is 0 Å². The molecule has 104 valence electrons. The average Bonchev–Trinajstić information content (AvgIpc) is 3.13. The lowest BCUT2D eigenvalue weighted by molar-refractivity contribution is -0.129. The minimum Gasteiger partial charge on any atom is -0.374 e. The van der Waals surface area contributed by atoms with Crippen LogP contribution >= 0.6 is 31.9 Å². The van der Waals surface area contributed by atoms with E-state index in [4.69, 9.17) is 0 Å². The molecule has 0 bridgehead atoms. The van der Waals surface area contributed by atoms with Crippen molar-refractivity contribution in [2.24, 2.45) is 0 Å². The van der Waals surface area contributed by atoms with Gasteiger partial charge in [-0.15, -0.1) is 0 Å². The van der Waals surface area contributed by atoms with E-state index in [1.807, 2.05) is 30.9 Å². The Kier molecular flexibility index (Phi) is 4.90. The number of halogens is 2. The van der Waals surface area contributed by atoms with Crippen molar-refractivity contribution in [2.75, 3.05) is 18.4 Å². The van der Waals surface area contributed by atoms with Crippen LogP contribution in [0.5, 0.6) is 0 Å². The molecule has 1 aromatic rings. The van der Waals surface area contributed by atoms with Crippen LogP contribution in [0.4, 0.5) is 5.69 Å². The maximum absolute atomic E-state index is 12.2. The fraction of sp³-hybridized carbons (Fsp3) is 0.500. The van der Waals surface area contributed by atoms with E-state index in [9.17, 15) is 4.79 Å². The Labute approximate surface area is 131 Å². The molecule has 0 atom stereocenters. The SMILES string of the molecule is CCN(C(=O)CNc1c(Br)cc(C)cc1Br)C1CC1. The second-order valence-corrected chi connectivity index (χ2v) is 6.58. The van der Waals surface area contributed by atoms with Crippen LogP contribution in [0.2, 0.25) is 0 Å². The smallest absolute Gasteiger partial charge is 0.242 e. The van der Waals surface area contributed by atoms with Gasteiger partial charge in [-0.2, -0.15) is 0 Å². The van der Waals surface area contributed by atoms with Crippen molar-refractivity contribution in [3.05, 3.63) is 26.6 Å². The molecule has 1 amide bonds. The second kappa shape index (κ2) is 6.27. The fourth-order valence-corrected chi connectivity index (χ4v) is 3.85. The first-order valence-electron chi connectivity index (χ1n) is 6.52. The number of aryl methyl sites for hydroxylation is 1. The Morgan fingerprint density at radius 2 is 1.95 bits per heavy atom. The number of carbonyl (C=O) groups is 1. The minimum absolute atomic E-state index is 0.171. The van der Waals surface area contributed by atoms with Gasteiger partial charge in [-0.25, -0.2) is 0 Å². The quantitative estimate of drug-likeness (QED) is 0.826. The normalized spacial score (nSPS) is 14.3. The third kappa shape index (κ3) is 3.72. The maximum atomic E-state index is 12.2. The molecule has 0 heterocycles. The van der Waals surface area contributed by atoms with Gasteiger partial charge in [-0.1, -0.05) is 0 Å². The van der Waals surface area contributed by atoms with Crippen molar-refractivity contribution < 1.29 is 4.79 Å². The summed E-state index contributed by atoms with van der Waals surface area (Å²) in [6.07, 6.45) is 2.30. The first-order chi connectivity index (χ1) is 9.02. The van der Waals surface area contributed by atoms with Crippen molar-refractivity contribution in [2.45, 2.75) is 32.7 Å². The van der Waals surface area contributed by atoms with E-state index in [0.29, 0.717) is 12.6 Å². The summed E-state index contributed by atoms with van der Waals surface area (Å²) >= 11 is 7.05. The largest absolute Gasteiger partial charge is 0.374 e. The van der Waals surface area contributed by atoms with E-state index in [2.05, 4.69) is 37.2 Å². The molecular weight excluding hydrogens is 372 g/mol. The number of anilines is 1. The zero-order valence-corrected chi connectivity index (χ0v) is 14.3. The van der Waals surface area contributed by atoms with Crippen LogP contribution < -0.4 is 5.32 Å². The zero-order valence-electron chi connectivity index (χ0n) is 11.2. The molecule has 0 aromatic heterocycles. The summed E-state index contributed by atoms with van der Waals surface area (Å²) in [5, 5.41) is 3.22. The molecule has 5 heteroatoms. The molecular formula is C14H18Br2N2O. The van der Waals surface area contributed by atoms with E-state index >= 15 is 0 Å². The van der Waals surface area contributed by atoms with Crippen LogP contribution in [0.25, 0.3) is 0 Å². The van der Waals surface area contributed by atoms with Gasteiger partial charge in [0.05, 0.1) is 12.2 Å². The molecule has 0 spiro atoms. The number of carbonyl (C=O) groups excluding carboxylic acids is 1. The van der Waals surface area contributed by atoms with Crippen LogP contribution in [0.3, 0.4) is 0 Å². The number of hydrogen-bond acceptors (Lipinski definition) is 2. The van der Waals surface area contributed by atoms with Gasteiger partial charge in [0.25, 0.3) is 0 Å². The molecule has 19 heavy (non-hydrogen) atoms. The lowest BCUT2D eigenvalue weighted by Gasteiger charge is -2.21. The summed E-state index contributed by atoms with van der Waals surface area (Å²) in [5.41, 5.74) is 2.11. The number of benzene rings is 1. The third-order valence-electron chi connectivity index (χ3n) is 3.25. The van der Waals surface area contributed by atoms with Crippen molar-refractivity contribution in [3.8, 4) is 0 Å². The molecule has 0 unspecified atom stereocenters. The first kappa shape index (κ1) is 14.9. The Hall–Kier alpha value is -0.550. The van der Waals surface area contributed by atoms with Gasteiger partial charge < -0.3 is 10.2 Å². The number of rotatable bonds is 5. The highest BCUT2D eigenvalue weighted by atomic mass is 79.9. The van der Waals surface area contributed by atoms with Crippen LogP contribution in [0.15, 0.2) is 21.1 Å². The summed E-state index contributed by atoms with van der Waals surface area (Å²) in [6.45, 7) is 5.20.